The van der Waals surface area contributed by atoms with Crippen LogP contribution in [0, 0.1) is 17.5 Å². The van der Waals surface area contributed by atoms with Crippen molar-refractivity contribution >= 4 is 10.9 Å². The summed E-state index contributed by atoms with van der Waals surface area (Å²) >= 11 is 0. The van der Waals surface area contributed by atoms with E-state index in [-0.39, 0.29) is 11.7 Å². The lowest BCUT2D eigenvalue weighted by Gasteiger charge is -2.39. The topological polar surface area (TPSA) is 19.0 Å². The van der Waals surface area contributed by atoms with Crippen LogP contribution >= 0.6 is 0 Å². The maximum absolute atomic E-state index is 14.2. The molecule has 0 amide bonds. The molecule has 1 fully saturated rings. The number of hydrogen-bond acceptors (Lipinski definition) is 1. The number of hydrogen-bond donors (Lipinski definition) is 1. The molecule has 0 saturated carbocycles. The molecule has 4 rings (SSSR count). The summed E-state index contributed by atoms with van der Waals surface area (Å²) in [4.78, 5) is 5.37. The minimum atomic E-state index is -0.605. The fourth-order valence-corrected chi connectivity index (χ4v) is 3.52. The summed E-state index contributed by atoms with van der Waals surface area (Å²) in [6.07, 6.45) is 0. The summed E-state index contributed by atoms with van der Waals surface area (Å²) in [6, 6.07) is 8.34. The molecule has 2 heterocycles. The molecule has 124 valence electrons. The molecule has 3 aromatic rings. The van der Waals surface area contributed by atoms with E-state index >= 15 is 0 Å². The Morgan fingerprint density at radius 1 is 1.04 bits per heavy atom. The van der Waals surface area contributed by atoms with E-state index < -0.39 is 11.6 Å². The Morgan fingerprint density at radius 2 is 1.75 bits per heavy atom. The lowest BCUT2D eigenvalue weighted by molar-refractivity contribution is 0.158. The van der Waals surface area contributed by atoms with Crippen LogP contribution in [0.25, 0.3) is 22.2 Å². The summed E-state index contributed by atoms with van der Waals surface area (Å²) in [7, 11) is 0. The maximum Gasteiger partial charge on any atom is 0.150 e. The van der Waals surface area contributed by atoms with E-state index in [2.05, 4.69) is 16.8 Å². The molecule has 0 unspecified atom stereocenters. The normalized spacial score (nSPS) is 15.8. The first-order valence-electron chi connectivity index (χ1n) is 8.05. The van der Waals surface area contributed by atoms with Gasteiger partial charge in [-0.1, -0.05) is 6.92 Å². The number of benzene rings is 2. The van der Waals surface area contributed by atoms with Crippen LogP contribution < -0.4 is 0 Å². The molecule has 24 heavy (non-hydrogen) atoms. The van der Waals surface area contributed by atoms with Crippen LogP contribution in [0.5, 0.6) is 0 Å². The Hall–Kier alpha value is -2.27. The molecule has 1 aromatic heterocycles. The zero-order valence-corrected chi connectivity index (χ0v) is 13.2. The average molecular weight is 330 g/mol. The first-order chi connectivity index (χ1) is 11.6. The lowest BCUT2D eigenvalue weighted by Crippen LogP contribution is -2.44. The molecule has 1 saturated heterocycles. The molecule has 0 radical (unpaired) electrons. The first kappa shape index (κ1) is 15.3. The smallest absolute Gasteiger partial charge is 0.150 e. The highest BCUT2D eigenvalue weighted by Crippen LogP contribution is 2.40. The van der Waals surface area contributed by atoms with Gasteiger partial charge in [-0.3, -0.25) is 0 Å². The SMILES string of the molecule is CCN1CC(c2c(-c3ccc(F)cc3)[nH]c3c(F)cc(F)cc23)C1. The van der Waals surface area contributed by atoms with Crippen molar-refractivity contribution in [1.82, 2.24) is 9.88 Å². The highest BCUT2D eigenvalue weighted by atomic mass is 19.1. The molecular weight excluding hydrogens is 313 g/mol. The highest BCUT2D eigenvalue weighted by molar-refractivity contribution is 5.92. The Balaban J connectivity index is 1.91. The summed E-state index contributed by atoms with van der Waals surface area (Å²) in [5.74, 6) is -1.31. The van der Waals surface area contributed by atoms with Crippen LogP contribution in [-0.2, 0) is 0 Å². The minimum absolute atomic E-state index is 0.208. The van der Waals surface area contributed by atoms with Gasteiger partial charge < -0.3 is 9.88 Å². The van der Waals surface area contributed by atoms with Gasteiger partial charge in [-0.15, -0.1) is 0 Å². The van der Waals surface area contributed by atoms with Gasteiger partial charge >= 0.3 is 0 Å². The summed E-state index contributed by atoms with van der Waals surface area (Å²) in [6.45, 7) is 4.75. The third-order valence-electron chi connectivity index (χ3n) is 4.81. The molecule has 2 aromatic carbocycles. The molecule has 2 nitrogen and oxygen atoms in total. The van der Waals surface area contributed by atoms with Crippen molar-refractivity contribution in [3.63, 3.8) is 0 Å². The number of likely N-dealkylation sites (N-methyl/N-ethyl adjacent to an activating group) is 1. The van der Waals surface area contributed by atoms with E-state index in [0.717, 1.165) is 42.5 Å². The van der Waals surface area contributed by atoms with Gasteiger partial charge in [0.2, 0.25) is 0 Å². The number of aromatic nitrogens is 1. The summed E-state index contributed by atoms with van der Waals surface area (Å²) < 4.78 is 41.2. The van der Waals surface area contributed by atoms with E-state index in [4.69, 9.17) is 0 Å². The fraction of sp³-hybridized carbons (Fsp3) is 0.263. The number of nitrogens with zero attached hydrogens (tertiary/aromatic N) is 1. The zero-order chi connectivity index (χ0) is 16.8. The quantitative estimate of drug-likeness (QED) is 0.739. The van der Waals surface area contributed by atoms with Crippen LogP contribution in [0.2, 0.25) is 0 Å². The van der Waals surface area contributed by atoms with E-state index in [1.165, 1.54) is 18.2 Å². The largest absolute Gasteiger partial charge is 0.352 e. The highest BCUT2D eigenvalue weighted by Gasteiger charge is 2.32. The van der Waals surface area contributed by atoms with Gasteiger partial charge in [0.25, 0.3) is 0 Å². The summed E-state index contributed by atoms with van der Waals surface area (Å²) in [5.41, 5.74) is 2.74. The molecule has 0 bridgehead atoms. The van der Waals surface area contributed by atoms with Crippen LogP contribution in [0.15, 0.2) is 36.4 Å². The van der Waals surface area contributed by atoms with E-state index in [1.54, 1.807) is 12.1 Å². The molecular formula is C19H17F3N2. The average Bonchev–Trinajstić information content (AvgIpc) is 2.87. The lowest BCUT2D eigenvalue weighted by atomic mass is 9.87. The number of fused-ring (bicyclic) bond motifs is 1. The second kappa shape index (κ2) is 5.67. The van der Waals surface area contributed by atoms with E-state index in [9.17, 15) is 13.2 Å². The Morgan fingerprint density at radius 3 is 2.42 bits per heavy atom. The Labute approximate surface area is 137 Å². The van der Waals surface area contributed by atoms with Crippen LogP contribution in [0.4, 0.5) is 13.2 Å². The minimum Gasteiger partial charge on any atom is -0.352 e. The summed E-state index contributed by atoms with van der Waals surface area (Å²) in [5, 5.41) is 0.576. The van der Waals surface area contributed by atoms with Crippen molar-refractivity contribution in [2.45, 2.75) is 12.8 Å². The van der Waals surface area contributed by atoms with E-state index in [1.807, 2.05) is 0 Å². The van der Waals surface area contributed by atoms with Crippen molar-refractivity contribution in [2.24, 2.45) is 0 Å². The van der Waals surface area contributed by atoms with Gasteiger partial charge in [0.05, 0.1) is 11.2 Å². The third-order valence-corrected chi connectivity index (χ3v) is 4.81. The molecule has 1 aliphatic rings. The maximum atomic E-state index is 14.2. The second-order valence-corrected chi connectivity index (χ2v) is 6.28. The fourth-order valence-electron chi connectivity index (χ4n) is 3.52. The molecule has 1 N–H and O–H groups in total. The van der Waals surface area contributed by atoms with Crippen molar-refractivity contribution in [3.05, 3.63) is 59.4 Å². The predicted octanol–water partition coefficient (Wildman–Crippen LogP) is 4.67. The molecule has 0 aliphatic carbocycles. The van der Waals surface area contributed by atoms with Gasteiger partial charge in [-0.2, -0.15) is 0 Å². The Bertz CT molecular complexity index is 893. The van der Waals surface area contributed by atoms with Crippen LogP contribution in [0.1, 0.15) is 18.4 Å². The van der Waals surface area contributed by atoms with E-state index in [0.29, 0.717) is 10.9 Å². The van der Waals surface area contributed by atoms with Crippen LogP contribution in [0.3, 0.4) is 0 Å². The second-order valence-electron chi connectivity index (χ2n) is 6.28. The number of H-pyrrole nitrogens is 1. The Kier molecular flexibility index (Phi) is 3.61. The van der Waals surface area contributed by atoms with Gasteiger partial charge in [-0.05, 0) is 48.0 Å². The number of nitrogens with one attached hydrogen (secondary N) is 1. The van der Waals surface area contributed by atoms with Gasteiger partial charge in [0.15, 0.2) is 0 Å². The van der Waals surface area contributed by atoms with Crippen molar-refractivity contribution in [3.8, 4) is 11.3 Å². The third kappa shape index (κ3) is 2.40. The molecule has 0 atom stereocenters. The number of halogens is 3. The van der Waals surface area contributed by atoms with Crippen LogP contribution in [-0.4, -0.2) is 29.5 Å². The number of aromatic amines is 1. The van der Waals surface area contributed by atoms with Crippen molar-refractivity contribution in [2.75, 3.05) is 19.6 Å². The van der Waals surface area contributed by atoms with Crippen molar-refractivity contribution in [1.29, 1.82) is 0 Å². The van der Waals surface area contributed by atoms with Gasteiger partial charge in [0, 0.05) is 30.5 Å². The monoisotopic (exact) mass is 330 g/mol. The zero-order valence-electron chi connectivity index (χ0n) is 13.2. The number of likely N-dealkylation sites (tertiary alicyclic amines) is 1. The molecule has 1 aliphatic heterocycles. The number of rotatable bonds is 3. The molecule has 0 spiro atoms. The predicted molar refractivity (Wildman–Crippen MR) is 88.5 cm³/mol. The standard InChI is InChI=1S/C19H17F3N2/c1-2-24-9-12(10-24)17-15-7-14(21)8-16(22)19(15)23-18(17)11-3-5-13(20)6-4-11/h3-8,12,23H,2,9-10H2,1H3. The van der Waals surface area contributed by atoms with Gasteiger partial charge in [-0.25, -0.2) is 13.2 Å². The van der Waals surface area contributed by atoms with Crippen molar-refractivity contribution < 1.29 is 13.2 Å². The molecule has 5 heteroatoms. The first-order valence-corrected chi connectivity index (χ1v) is 8.05. The van der Waals surface area contributed by atoms with Gasteiger partial charge in [0.1, 0.15) is 17.5 Å².